The van der Waals surface area contributed by atoms with Gasteiger partial charge in [-0.1, -0.05) is 35.9 Å². The molecule has 0 bridgehead atoms. The molecule has 0 aromatic heterocycles. The van der Waals surface area contributed by atoms with E-state index in [-0.39, 0.29) is 6.04 Å². The van der Waals surface area contributed by atoms with Gasteiger partial charge < -0.3 is 10.1 Å². The number of amides is 2. The van der Waals surface area contributed by atoms with Crippen LogP contribution in [-0.4, -0.2) is 25.1 Å². The molecule has 2 aromatic rings. The van der Waals surface area contributed by atoms with E-state index in [0.29, 0.717) is 5.02 Å². The van der Waals surface area contributed by atoms with Gasteiger partial charge in [-0.25, -0.2) is 5.43 Å². The van der Waals surface area contributed by atoms with Crippen LogP contribution in [-0.2, 0) is 9.59 Å². The Morgan fingerprint density at radius 1 is 1.08 bits per heavy atom. The average molecular weight is 360 g/mol. The first kappa shape index (κ1) is 18.5. The number of carbonyl (C=O) groups excluding carboxylic acids is 2. The topological polar surface area (TPSA) is 79.8 Å². The van der Waals surface area contributed by atoms with E-state index in [9.17, 15) is 9.59 Å². The molecule has 0 aliphatic carbocycles. The Hall–Kier alpha value is -2.86. The Kier molecular flexibility index (Phi) is 6.54. The predicted molar refractivity (Wildman–Crippen MR) is 96.7 cm³/mol. The lowest BCUT2D eigenvalue weighted by atomic mass is 10.1. The molecule has 6 nitrogen and oxygen atoms in total. The fourth-order valence-corrected chi connectivity index (χ4v) is 2.13. The van der Waals surface area contributed by atoms with Gasteiger partial charge in [-0.15, -0.1) is 0 Å². The second-order valence-corrected chi connectivity index (χ2v) is 5.66. The van der Waals surface area contributed by atoms with Crippen LogP contribution in [0.15, 0.2) is 53.6 Å². The van der Waals surface area contributed by atoms with Gasteiger partial charge >= 0.3 is 11.8 Å². The van der Waals surface area contributed by atoms with Crippen LogP contribution in [0, 0.1) is 0 Å². The van der Waals surface area contributed by atoms with Crippen molar-refractivity contribution >= 4 is 29.6 Å². The van der Waals surface area contributed by atoms with E-state index in [1.165, 1.54) is 6.21 Å². The van der Waals surface area contributed by atoms with Crippen LogP contribution in [0.5, 0.6) is 5.75 Å². The van der Waals surface area contributed by atoms with Crippen LogP contribution in [0.3, 0.4) is 0 Å². The van der Waals surface area contributed by atoms with Crippen molar-refractivity contribution in [2.75, 3.05) is 7.11 Å². The molecule has 2 N–H and O–H groups in total. The van der Waals surface area contributed by atoms with Crippen LogP contribution < -0.4 is 15.5 Å². The van der Waals surface area contributed by atoms with Crippen molar-refractivity contribution < 1.29 is 14.3 Å². The molecule has 0 heterocycles. The summed E-state index contributed by atoms with van der Waals surface area (Å²) in [5.74, 6) is -0.890. The molecule has 2 aromatic carbocycles. The fraction of sp³-hybridized carbons (Fsp3) is 0.167. The fourth-order valence-electron chi connectivity index (χ4n) is 2.00. The third-order valence-electron chi connectivity index (χ3n) is 3.42. The normalized spacial score (nSPS) is 11.8. The van der Waals surface area contributed by atoms with E-state index in [1.54, 1.807) is 50.4 Å². The zero-order valence-corrected chi connectivity index (χ0v) is 14.6. The maximum absolute atomic E-state index is 11.9. The van der Waals surface area contributed by atoms with Gasteiger partial charge in [0.05, 0.1) is 19.4 Å². The molecule has 130 valence electrons. The van der Waals surface area contributed by atoms with Crippen molar-refractivity contribution in [3.8, 4) is 5.75 Å². The minimum Gasteiger partial charge on any atom is -0.497 e. The molecular formula is C18H18ClN3O3. The number of ether oxygens (including phenoxy) is 1. The molecule has 0 saturated carbocycles. The van der Waals surface area contributed by atoms with Crippen molar-refractivity contribution in [3.05, 3.63) is 64.7 Å². The summed E-state index contributed by atoms with van der Waals surface area (Å²) in [5, 5.41) is 6.96. The van der Waals surface area contributed by atoms with Crippen molar-refractivity contribution in [3.63, 3.8) is 0 Å². The van der Waals surface area contributed by atoms with E-state index < -0.39 is 11.8 Å². The molecule has 0 aliphatic heterocycles. The van der Waals surface area contributed by atoms with Gasteiger partial charge in [0.25, 0.3) is 0 Å². The number of hydrazone groups is 1. The zero-order valence-electron chi connectivity index (χ0n) is 13.8. The molecule has 0 saturated heterocycles. The van der Waals surface area contributed by atoms with Crippen molar-refractivity contribution in [2.24, 2.45) is 5.10 Å². The summed E-state index contributed by atoms with van der Waals surface area (Å²) in [6.07, 6.45) is 1.43. The largest absolute Gasteiger partial charge is 0.497 e. The minimum absolute atomic E-state index is 0.329. The third-order valence-corrected chi connectivity index (χ3v) is 3.67. The van der Waals surface area contributed by atoms with E-state index >= 15 is 0 Å². The lowest BCUT2D eigenvalue weighted by molar-refractivity contribution is -0.139. The third kappa shape index (κ3) is 5.61. The lowest BCUT2D eigenvalue weighted by Crippen LogP contribution is -2.39. The number of nitrogens with zero attached hydrogens (tertiary/aromatic N) is 1. The highest BCUT2D eigenvalue weighted by Gasteiger charge is 2.16. The quantitative estimate of drug-likeness (QED) is 0.489. The summed E-state index contributed by atoms with van der Waals surface area (Å²) in [7, 11) is 1.58. The van der Waals surface area contributed by atoms with Crippen LogP contribution >= 0.6 is 11.6 Å². The first-order valence-corrected chi connectivity index (χ1v) is 7.91. The molecule has 0 unspecified atom stereocenters. The number of hydrogen-bond acceptors (Lipinski definition) is 4. The summed E-state index contributed by atoms with van der Waals surface area (Å²) in [5.41, 5.74) is 3.79. The molecule has 2 amide bonds. The van der Waals surface area contributed by atoms with E-state index in [4.69, 9.17) is 16.3 Å². The van der Waals surface area contributed by atoms with Gasteiger partial charge in [0.1, 0.15) is 5.75 Å². The van der Waals surface area contributed by atoms with E-state index in [2.05, 4.69) is 15.8 Å². The second-order valence-electron chi connectivity index (χ2n) is 5.22. The maximum Gasteiger partial charge on any atom is 0.329 e. The Labute approximate surface area is 150 Å². The molecule has 1 atom stereocenters. The Morgan fingerprint density at radius 3 is 2.32 bits per heavy atom. The van der Waals surface area contributed by atoms with Gasteiger partial charge in [-0.3, -0.25) is 9.59 Å². The number of methoxy groups -OCH3 is 1. The standard InChI is InChI=1S/C18H18ClN3O3/c1-12(14-5-9-16(25-2)10-6-14)21-17(23)18(24)22-20-11-13-3-7-15(19)8-4-13/h3-12H,1-2H3,(H,21,23)(H,22,24)/t12-/m1/s1. The minimum atomic E-state index is -0.842. The Morgan fingerprint density at radius 2 is 1.72 bits per heavy atom. The molecule has 0 spiro atoms. The molecule has 2 rings (SSSR count). The van der Waals surface area contributed by atoms with Gasteiger partial charge in [0.2, 0.25) is 0 Å². The number of nitrogens with one attached hydrogen (secondary N) is 2. The molecule has 25 heavy (non-hydrogen) atoms. The Bertz CT molecular complexity index is 758. The monoisotopic (exact) mass is 359 g/mol. The summed E-state index contributed by atoms with van der Waals surface area (Å²) in [4.78, 5) is 23.7. The maximum atomic E-state index is 11.9. The number of rotatable bonds is 5. The lowest BCUT2D eigenvalue weighted by Gasteiger charge is -2.13. The smallest absolute Gasteiger partial charge is 0.329 e. The van der Waals surface area contributed by atoms with E-state index in [0.717, 1.165) is 16.9 Å². The summed E-state index contributed by atoms with van der Waals surface area (Å²) >= 11 is 5.78. The highest BCUT2D eigenvalue weighted by atomic mass is 35.5. The molecule has 0 aliphatic rings. The first-order chi connectivity index (χ1) is 12.0. The Balaban J connectivity index is 1.86. The average Bonchev–Trinajstić information content (AvgIpc) is 2.63. The van der Waals surface area contributed by atoms with Crippen LogP contribution in [0.1, 0.15) is 24.1 Å². The molecule has 7 heteroatoms. The zero-order chi connectivity index (χ0) is 18.2. The second kappa shape index (κ2) is 8.84. The van der Waals surface area contributed by atoms with Gasteiger partial charge in [-0.05, 0) is 42.3 Å². The van der Waals surface area contributed by atoms with Crippen molar-refractivity contribution in [1.29, 1.82) is 0 Å². The summed E-state index contributed by atoms with van der Waals surface area (Å²) in [6, 6.07) is 13.8. The first-order valence-electron chi connectivity index (χ1n) is 7.53. The molecular weight excluding hydrogens is 342 g/mol. The van der Waals surface area contributed by atoms with Crippen LogP contribution in [0.4, 0.5) is 0 Å². The number of halogens is 1. The van der Waals surface area contributed by atoms with Crippen LogP contribution in [0.2, 0.25) is 5.02 Å². The number of carbonyl (C=O) groups is 2. The molecule has 0 radical (unpaired) electrons. The SMILES string of the molecule is COc1ccc([C@@H](C)NC(=O)C(=O)NN=Cc2ccc(Cl)cc2)cc1. The van der Waals surface area contributed by atoms with Gasteiger partial charge in [-0.2, -0.15) is 5.10 Å². The highest BCUT2D eigenvalue weighted by Crippen LogP contribution is 2.17. The van der Waals surface area contributed by atoms with E-state index in [1.807, 2.05) is 12.1 Å². The molecule has 0 fully saturated rings. The number of benzene rings is 2. The highest BCUT2D eigenvalue weighted by molar-refractivity contribution is 6.35. The summed E-state index contributed by atoms with van der Waals surface area (Å²) in [6.45, 7) is 1.78. The van der Waals surface area contributed by atoms with Crippen molar-refractivity contribution in [2.45, 2.75) is 13.0 Å². The summed E-state index contributed by atoms with van der Waals surface area (Å²) < 4.78 is 5.08. The number of hydrogen-bond donors (Lipinski definition) is 2. The van der Waals surface area contributed by atoms with Gasteiger partial charge in [0, 0.05) is 5.02 Å². The van der Waals surface area contributed by atoms with Crippen LogP contribution in [0.25, 0.3) is 0 Å². The predicted octanol–water partition coefficient (Wildman–Crippen LogP) is 2.68. The van der Waals surface area contributed by atoms with Gasteiger partial charge in [0.15, 0.2) is 0 Å². The van der Waals surface area contributed by atoms with Crippen molar-refractivity contribution in [1.82, 2.24) is 10.7 Å².